The van der Waals surface area contributed by atoms with E-state index in [4.69, 9.17) is 10.7 Å². The topological polar surface area (TPSA) is 73.8 Å². The van der Waals surface area contributed by atoms with E-state index in [-0.39, 0.29) is 11.4 Å². The number of thiophene rings is 1. The van der Waals surface area contributed by atoms with Gasteiger partial charge in [0.05, 0.1) is 21.8 Å². The van der Waals surface area contributed by atoms with Crippen LogP contribution in [0.15, 0.2) is 76.9 Å². The summed E-state index contributed by atoms with van der Waals surface area (Å²) in [7, 11) is 0. The second kappa shape index (κ2) is 9.32. The number of halogens is 1. The first-order valence-electron chi connectivity index (χ1n) is 10.7. The molecule has 0 fully saturated rings. The lowest BCUT2D eigenvalue weighted by atomic mass is 10.1. The molecule has 0 unspecified atom stereocenters. The molecule has 2 aromatic carbocycles. The van der Waals surface area contributed by atoms with Crippen LogP contribution in [0.25, 0.3) is 32.4 Å². The molecule has 0 amide bonds. The third kappa shape index (κ3) is 4.42. The number of benzene rings is 2. The molecule has 3 heterocycles. The molecule has 0 aliphatic heterocycles. The molecule has 8 heteroatoms. The van der Waals surface area contributed by atoms with Crippen LogP contribution in [0.1, 0.15) is 11.3 Å². The monoisotopic (exact) mass is 488 g/mol. The third-order valence-corrected chi connectivity index (χ3v) is 7.33. The van der Waals surface area contributed by atoms with E-state index >= 15 is 0 Å². The molecule has 5 rings (SSSR count). The Balaban J connectivity index is 1.62. The molecular weight excluding hydrogens is 467 g/mol. The van der Waals surface area contributed by atoms with Gasteiger partial charge >= 0.3 is 0 Å². The number of nitrogens with two attached hydrogens (primary N) is 1. The standard InChI is InChI=1S/C26H21FN4OS2/c1-16-23(22-11-10-21(34-22)20-15-33-26(28)30-20)25(32)31(13-12-17-6-3-2-4-7-17)24(29-16)18-8-5-9-19(27)14-18/h2-11,14-15H,12-13H2,1H3,(H2,28,30). The summed E-state index contributed by atoms with van der Waals surface area (Å²) in [6, 6.07) is 20.0. The Labute approximate surface area is 204 Å². The Morgan fingerprint density at radius 2 is 1.79 bits per heavy atom. The van der Waals surface area contributed by atoms with Crippen molar-refractivity contribution >= 4 is 27.8 Å². The molecule has 0 aliphatic rings. The van der Waals surface area contributed by atoms with Crippen LogP contribution in [-0.4, -0.2) is 14.5 Å². The summed E-state index contributed by atoms with van der Waals surface area (Å²) in [6.45, 7) is 2.25. The van der Waals surface area contributed by atoms with Crippen molar-refractivity contribution in [1.82, 2.24) is 14.5 Å². The number of nitrogens with zero attached hydrogens (tertiary/aromatic N) is 3. The average Bonchev–Trinajstić information content (AvgIpc) is 3.48. The molecule has 5 aromatic rings. The molecule has 0 radical (unpaired) electrons. The highest BCUT2D eigenvalue weighted by Gasteiger charge is 2.19. The van der Waals surface area contributed by atoms with Crippen molar-refractivity contribution in [3.8, 4) is 32.4 Å². The molecule has 3 aromatic heterocycles. The highest BCUT2D eigenvalue weighted by atomic mass is 32.1. The lowest BCUT2D eigenvalue weighted by Crippen LogP contribution is -2.26. The van der Waals surface area contributed by atoms with Crippen molar-refractivity contribution in [2.75, 3.05) is 5.73 Å². The summed E-state index contributed by atoms with van der Waals surface area (Å²) in [6.07, 6.45) is 0.654. The van der Waals surface area contributed by atoms with Crippen LogP contribution in [0.2, 0.25) is 0 Å². The number of nitrogen functional groups attached to an aromatic ring is 1. The van der Waals surface area contributed by atoms with Crippen LogP contribution in [0.5, 0.6) is 0 Å². The van der Waals surface area contributed by atoms with E-state index < -0.39 is 0 Å². The van der Waals surface area contributed by atoms with Gasteiger partial charge < -0.3 is 5.73 Å². The van der Waals surface area contributed by atoms with Crippen LogP contribution in [0, 0.1) is 12.7 Å². The summed E-state index contributed by atoms with van der Waals surface area (Å²) in [5.41, 5.74) is 9.28. The van der Waals surface area contributed by atoms with E-state index in [9.17, 15) is 9.18 Å². The number of thiazole rings is 1. The first-order valence-corrected chi connectivity index (χ1v) is 12.4. The molecule has 170 valence electrons. The second-order valence-electron chi connectivity index (χ2n) is 7.83. The maximum Gasteiger partial charge on any atom is 0.262 e. The number of hydrogen-bond acceptors (Lipinski definition) is 6. The van der Waals surface area contributed by atoms with Gasteiger partial charge in [-0.1, -0.05) is 42.5 Å². The van der Waals surface area contributed by atoms with Crippen molar-refractivity contribution in [3.63, 3.8) is 0 Å². The Morgan fingerprint density at radius 1 is 1.00 bits per heavy atom. The van der Waals surface area contributed by atoms with Crippen molar-refractivity contribution in [1.29, 1.82) is 0 Å². The quantitative estimate of drug-likeness (QED) is 0.316. The fraction of sp³-hybridized carbons (Fsp3) is 0.115. The molecule has 5 nitrogen and oxygen atoms in total. The smallest absolute Gasteiger partial charge is 0.262 e. The average molecular weight is 489 g/mol. The fourth-order valence-electron chi connectivity index (χ4n) is 3.90. The van der Waals surface area contributed by atoms with Gasteiger partial charge in [0.1, 0.15) is 11.6 Å². The minimum atomic E-state index is -0.367. The predicted molar refractivity (Wildman–Crippen MR) is 138 cm³/mol. The van der Waals surface area contributed by atoms with Gasteiger partial charge in [0.25, 0.3) is 5.56 Å². The van der Waals surface area contributed by atoms with Crippen LogP contribution < -0.4 is 11.3 Å². The molecule has 0 spiro atoms. The van der Waals surface area contributed by atoms with Gasteiger partial charge in [0, 0.05) is 22.4 Å². The summed E-state index contributed by atoms with van der Waals surface area (Å²) >= 11 is 2.87. The minimum absolute atomic E-state index is 0.145. The number of hydrogen-bond donors (Lipinski definition) is 1. The van der Waals surface area contributed by atoms with Crippen molar-refractivity contribution in [2.24, 2.45) is 0 Å². The zero-order chi connectivity index (χ0) is 23.7. The lowest BCUT2D eigenvalue weighted by Gasteiger charge is -2.16. The molecule has 34 heavy (non-hydrogen) atoms. The first kappa shape index (κ1) is 22.2. The molecular formula is C26H21FN4OS2. The van der Waals surface area contributed by atoms with E-state index in [1.165, 1.54) is 34.8 Å². The van der Waals surface area contributed by atoms with Crippen LogP contribution >= 0.6 is 22.7 Å². The Hall–Kier alpha value is -3.62. The van der Waals surface area contributed by atoms with Crippen LogP contribution in [0.3, 0.4) is 0 Å². The number of rotatable bonds is 6. The Morgan fingerprint density at radius 3 is 2.53 bits per heavy atom. The normalized spacial score (nSPS) is 11.1. The third-order valence-electron chi connectivity index (χ3n) is 5.53. The van der Waals surface area contributed by atoms with E-state index in [0.717, 1.165) is 21.0 Å². The van der Waals surface area contributed by atoms with E-state index in [1.807, 2.05) is 54.8 Å². The molecule has 0 aliphatic carbocycles. The predicted octanol–water partition coefficient (Wildman–Crippen LogP) is 6.03. The fourth-order valence-corrected chi connectivity index (χ4v) is 5.59. The van der Waals surface area contributed by atoms with Gasteiger partial charge in [-0.15, -0.1) is 22.7 Å². The van der Waals surface area contributed by atoms with Gasteiger partial charge in [0.15, 0.2) is 5.13 Å². The highest BCUT2D eigenvalue weighted by Crippen LogP contribution is 2.35. The summed E-state index contributed by atoms with van der Waals surface area (Å²) in [4.78, 5) is 24.7. The van der Waals surface area contributed by atoms with Gasteiger partial charge in [-0.05, 0) is 43.2 Å². The van der Waals surface area contributed by atoms with Crippen molar-refractivity contribution in [3.05, 3.63) is 99.5 Å². The van der Waals surface area contributed by atoms with Crippen molar-refractivity contribution in [2.45, 2.75) is 19.9 Å². The van der Waals surface area contributed by atoms with Crippen LogP contribution in [0.4, 0.5) is 9.52 Å². The summed E-state index contributed by atoms with van der Waals surface area (Å²) < 4.78 is 15.7. The maximum absolute atomic E-state index is 14.0. The maximum atomic E-state index is 14.0. The summed E-state index contributed by atoms with van der Waals surface area (Å²) in [5, 5.41) is 2.41. The van der Waals surface area contributed by atoms with Gasteiger partial charge in [0.2, 0.25) is 0 Å². The van der Waals surface area contributed by atoms with Gasteiger partial charge in [-0.25, -0.2) is 14.4 Å². The molecule has 0 saturated heterocycles. The zero-order valence-electron chi connectivity index (χ0n) is 18.4. The van der Waals surface area contributed by atoms with Gasteiger partial charge in [-0.2, -0.15) is 0 Å². The summed E-state index contributed by atoms with van der Waals surface area (Å²) in [5.74, 6) is 0.0965. The first-order chi connectivity index (χ1) is 16.5. The molecule has 0 saturated carbocycles. The molecule has 0 atom stereocenters. The SMILES string of the molecule is Cc1nc(-c2cccc(F)c2)n(CCc2ccccc2)c(=O)c1-c1ccc(-c2csc(N)n2)s1. The molecule has 0 bridgehead atoms. The Kier molecular flexibility index (Phi) is 6.08. The lowest BCUT2D eigenvalue weighted by molar-refractivity contribution is 0.626. The number of anilines is 1. The van der Waals surface area contributed by atoms with E-state index in [0.29, 0.717) is 40.7 Å². The number of aromatic nitrogens is 3. The van der Waals surface area contributed by atoms with Crippen molar-refractivity contribution < 1.29 is 4.39 Å². The van der Waals surface area contributed by atoms with E-state index in [1.54, 1.807) is 16.7 Å². The molecule has 2 N–H and O–H groups in total. The zero-order valence-corrected chi connectivity index (χ0v) is 20.0. The second-order valence-corrected chi connectivity index (χ2v) is 9.81. The van der Waals surface area contributed by atoms with Gasteiger partial charge in [-0.3, -0.25) is 9.36 Å². The van der Waals surface area contributed by atoms with E-state index in [2.05, 4.69) is 4.98 Å². The largest absolute Gasteiger partial charge is 0.375 e. The minimum Gasteiger partial charge on any atom is -0.375 e. The Bertz CT molecular complexity index is 1520. The highest BCUT2D eigenvalue weighted by molar-refractivity contribution is 7.19. The number of aryl methyl sites for hydroxylation is 2. The van der Waals surface area contributed by atoms with Crippen LogP contribution in [-0.2, 0) is 13.0 Å².